The van der Waals surface area contributed by atoms with Gasteiger partial charge in [0.1, 0.15) is 0 Å². The Bertz CT molecular complexity index is 284. The van der Waals surface area contributed by atoms with E-state index >= 15 is 0 Å². The zero-order valence-corrected chi connectivity index (χ0v) is 5.95. The number of pyridine rings is 1. The summed E-state index contributed by atoms with van der Waals surface area (Å²) in [7, 11) is 0. The number of terminal acetylenes is 1. The van der Waals surface area contributed by atoms with Gasteiger partial charge in [-0.25, -0.2) is 0 Å². The quantitative estimate of drug-likeness (QED) is 0.455. The molecular formula is C9H7NO. The number of rotatable bonds is 2. The SMILES string of the molecule is C#CC(=O)Cc1ccncc1. The van der Waals surface area contributed by atoms with Gasteiger partial charge in [0.2, 0.25) is 5.78 Å². The van der Waals surface area contributed by atoms with Crippen LogP contribution in [0.5, 0.6) is 0 Å². The zero-order chi connectivity index (χ0) is 8.10. The Labute approximate surface area is 65.3 Å². The number of aromatic nitrogens is 1. The second kappa shape index (κ2) is 3.52. The van der Waals surface area contributed by atoms with Gasteiger partial charge in [0, 0.05) is 18.8 Å². The maximum atomic E-state index is 10.7. The van der Waals surface area contributed by atoms with Crippen molar-refractivity contribution in [2.24, 2.45) is 0 Å². The first-order chi connectivity index (χ1) is 5.33. The van der Waals surface area contributed by atoms with Crippen molar-refractivity contribution in [1.82, 2.24) is 4.98 Å². The summed E-state index contributed by atoms with van der Waals surface area (Å²) in [6.07, 6.45) is 8.49. The van der Waals surface area contributed by atoms with E-state index in [1.165, 1.54) is 0 Å². The highest BCUT2D eigenvalue weighted by Gasteiger charge is 1.97. The largest absolute Gasteiger partial charge is 0.285 e. The molecule has 0 aromatic carbocycles. The number of hydrogen-bond acceptors (Lipinski definition) is 2. The van der Waals surface area contributed by atoms with Crippen molar-refractivity contribution in [2.45, 2.75) is 6.42 Å². The van der Waals surface area contributed by atoms with Crippen molar-refractivity contribution < 1.29 is 4.79 Å². The molecule has 2 nitrogen and oxygen atoms in total. The number of Topliss-reactive ketones (excluding diaryl/α,β-unsaturated/α-hetero) is 1. The third kappa shape index (κ3) is 2.23. The molecule has 0 amide bonds. The lowest BCUT2D eigenvalue weighted by atomic mass is 10.1. The van der Waals surface area contributed by atoms with Crippen LogP contribution in [0.1, 0.15) is 5.56 Å². The van der Waals surface area contributed by atoms with E-state index in [0.717, 1.165) is 5.56 Å². The number of ketones is 1. The molecule has 2 heteroatoms. The normalized spacial score (nSPS) is 8.64. The van der Waals surface area contributed by atoms with Crippen LogP contribution >= 0.6 is 0 Å². The topological polar surface area (TPSA) is 30.0 Å². The number of nitrogens with zero attached hydrogens (tertiary/aromatic N) is 1. The summed E-state index contributed by atoms with van der Waals surface area (Å²) in [5, 5.41) is 0. The van der Waals surface area contributed by atoms with Gasteiger partial charge in [0.25, 0.3) is 0 Å². The summed E-state index contributed by atoms with van der Waals surface area (Å²) < 4.78 is 0. The Morgan fingerprint density at radius 2 is 2.18 bits per heavy atom. The molecule has 0 aliphatic rings. The lowest BCUT2D eigenvalue weighted by molar-refractivity contribution is -0.113. The second-order valence-corrected chi connectivity index (χ2v) is 2.10. The zero-order valence-electron chi connectivity index (χ0n) is 5.95. The molecule has 0 N–H and O–H groups in total. The summed E-state index contributed by atoms with van der Waals surface area (Å²) in [5.74, 6) is 1.86. The van der Waals surface area contributed by atoms with Crippen LogP contribution in [0.25, 0.3) is 0 Å². The third-order valence-corrected chi connectivity index (χ3v) is 1.28. The van der Waals surface area contributed by atoms with Gasteiger partial charge in [0.15, 0.2) is 0 Å². The summed E-state index contributed by atoms with van der Waals surface area (Å²) >= 11 is 0. The van der Waals surface area contributed by atoms with Crippen LogP contribution in [-0.4, -0.2) is 10.8 Å². The number of carbonyl (C=O) groups is 1. The fourth-order valence-electron chi connectivity index (χ4n) is 0.737. The van der Waals surface area contributed by atoms with Crippen LogP contribution in [0.3, 0.4) is 0 Å². The smallest absolute Gasteiger partial charge is 0.209 e. The van der Waals surface area contributed by atoms with E-state index in [9.17, 15) is 4.79 Å². The van der Waals surface area contributed by atoms with Crippen molar-refractivity contribution in [2.75, 3.05) is 0 Å². The van der Waals surface area contributed by atoms with Gasteiger partial charge in [-0.2, -0.15) is 0 Å². The van der Waals surface area contributed by atoms with Crippen molar-refractivity contribution in [1.29, 1.82) is 0 Å². The molecule has 54 valence electrons. The van der Waals surface area contributed by atoms with E-state index in [2.05, 4.69) is 10.9 Å². The predicted octanol–water partition coefficient (Wildman–Crippen LogP) is 0.826. The fourth-order valence-corrected chi connectivity index (χ4v) is 0.737. The minimum atomic E-state index is -0.198. The van der Waals surface area contributed by atoms with Crippen LogP contribution in [0.2, 0.25) is 0 Å². The van der Waals surface area contributed by atoms with E-state index in [1.807, 2.05) is 0 Å². The number of carbonyl (C=O) groups excluding carboxylic acids is 1. The van der Waals surface area contributed by atoms with Crippen molar-refractivity contribution in [3.8, 4) is 12.3 Å². The molecule has 0 bridgehead atoms. The molecule has 0 saturated heterocycles. The Kier molecular flexibility index (Phi) is 2.40. The fraction of sp³-hybridized carbons (Fsp3) is 0.111. The summed E-state index contributed by atoms with van der Waals surface area (Å²) in [4.78, 5) is 14.5. The van der Waals surface area contributed by atoms with E-state index in [4.69, 9.17) is 6.42 Å². The van der Waals surface area contributed by atoms with Crippen molar-refractivity contribution in [3.63, 3.8) is 0 Å². The Morgan fingerprint density at radius 1 is 1.55 bits per heavy atom. The molecule has 1 heterocycles. The predicted molar refractivity (Wildman–Crippen MR) is 41.8 cm³/mol. The third-order valence-electron chi connectivity index (χ3n) is 1.28. The lowest BCUT2D eigenvalue weighted by Crippen LogP contribution is -1.97. The molecular weight excluding hydrogens is 138 g/mol. The van der Waals surface area contributed by atoms with Gasteiger partial charge in [-0.1, -0.05) is 0 Å². The van der Waals surface area contributed by atoms with Crippen LogP contribution in [0, 0.1) is 12.3 Å². The molecule has 0 aliphatic heterocycles. The van der Waals surface area contributed by atoms with Crippen molar-refractivity contribution in [3.05, 3.63) is 30.1 Å². The monoisotopic (exact) mass is 145 g/mol. The molecule has 1 aromatic rings. The van der Waals surface area contributed by atoms with E-state index in [0.29, 0.717) is 6.42 Å². The summed E-state index contributed by atoms with van der Waals surface area (Å²) in [6, 6.07) is 3.55. The Hall–Kier alpha value is -1.62. The molecule has 0 spiro atoms. The second-order valence-electron chi connectivity index (χ2n) is 2.10. The minimum Gasteiger partial charge on any atom is -0.285 e. The van der Waals surface area contributed by atoms with Gasteiger partial charge in [-0.3, -0.25) is 9.78 Å². The maximum Gasteiger partial charge on any atom is 0.209 e. The van der Waals surface area contributed by atoms with Crippen molar-refractivity contribution >= 4 is 5.78 Å². The summed E-state index contributed by atoms with van der Waals surface area (Å²) in [5.41, 5.74) is 0.906. The molecule has 0 saturated carbocycles. The van der Waals surface area contributed by atoms with E-state index in [-0.39, 0.29) is 5.78 Å². The van der Waals surface area contributed by atoms with Gasteiger partial charge in [-0.05, 0) is 23.6 Å². The average Bonchev–Trinajstić information content (AvgIpc) is 2.06. The van der Waals surface area contributed by atoms with E-state index in [1.54, 1.807) is 24.5 Å². The highest BCUT2D eigenvalue weighted by atomic mass is 16.1. The summed E-state index contributed by atoms with van der Waals surface area (Å²) in [6.45, 7) is 0. The van der Waals surface area contributed by atoms with E-state index < -0.39 is 0 Å². The van der Waals surface area contributed by atoms with Gasteiger partial charge < -0.3 is 0 Å². The standard InChI is InChI=1S/C9H7NO/c1-2-9(11)7-8-3-5-10-6-4-8/h1,3-6H,7H2. The first-order valence-electron chi connectivity index (χ1n) is 3.21. The lowest BCUT2D eigenvalue weighted by Gasteiger charge is -1.92. The first kappa shape index (κ1) is 7.49. The molecule has 0 atom stereocenters. The molecule has 0 unspecified atom stereocenters. The highest BCUT2D eigenvalue weighted by Crippen LogP contribution is 1.96. The highest BCUT2D eigenvalue weighted by molar-refractivity contribution is 5.96. The molecule has 0 aliphatic carbocycles. The minimum absolute atomic E-state index is 0.198. The van der Waals surface area contributed by atoms with Gasteiger partial charge in [0.05, 0.1) is 0 Å². The van der Waals surface area contributed by atoms with Gasteiger partial charge >= 0.3 is 0 Å². The molecule has 11 heavy (non-hydrogen) atoms. The van der Waals surface area contributed by atoms with Crippen LogP contribution in [-0.2, 0) is 11.2 Å². The van der Waals surface area contributed by atoms with Crippen LogP contribution < -0.4 is 0 Å². The number of hydrogen-bond donors (Lipinski definition) is 0. The van der Waals surface area contributed by atoms with Gasteiger partial charge in [-0.15, -0.1) is 6.42 Å². The first-order valence-corrected chi connectivity index (χ1v) is 3.21. The Morgan fingerprint density at radius 3 is 2.73 bits per heavy atom. The average molecular weight is 145 g/mol. The molecule has 1 aromatic heterocycles. The maximum absolute atomic E-state index is 10.7. The molecule has 0 fully saturated rings. The molecule has 1 rings (SSSR count). The molecule has 0 radical (unpaired) electrons. The van der Waals surface area contributed by atoms with Crippen LogP contribution in [0.4, 0.5) is 0 Å². The van der Waals surface area contributed by atoms with Crippen LogP contribution in [0.15, 0.2) is 24.5 Å². The Balaban J connectivity index is 2.67.